The monoisotopic (exact) mass is 256 g/mol. The molecule has 0 saturated carbocycles. The van der Waals surface area contributed by atoms with E-state index in [9.17, 15) is 4.79 Å². The van der Waals surface area contributed by atoms with Crippen molar-refractivity contribution in [1.29, 1.82) is 0 Å². The van der Waals surface area contributed by atoms with E-state index < -0.39 is 0 Å². The molecule has 0 aliphatic rings. The minimum absolute atomic E-state index is 0.0380. The predicted molar refractivity (Wildman–Crippen MR) is 49.6 cm³/mol. The van der Waals surface area contributed by atoms with E-state index >= 15 is 0 Å². The Hall–Kier alpha value is 0.160. The fourth-order valence-electron chi connectivity index (χ4n) is 0.540. The van der Waals surface area contributed by atoms with Gasteiger partial charge in [-0.25, -0.2) is 0 Å². The average molecular weight is 256 g/mol. The molecule has 0 bridgehead atoms. The van der Waals surface area contributed by atoms with Gasteiger partial charge in [0.05, 0.1) is 22.9 Å². The molecule has 0 unspecified atom stereocenters. The van der Waals surface area contributed by atoms with Crippen LogP contribution in [0.5, 0.6) is 0 Å². The Morgan fingerprint density at radius 3 is 2.50 bits per heavy atom. The summed E-state index contributed by atoms with van der Waals surface area (Å²) in [6, 6.07) is 0. The third-order valence-corrected chi connectivity index (χ3v) is 1.90. The molecule has 0 atom stereocenters. The van der Waals surface area contributed by atoms with Gasteiger partial charge in [-0.1, -0.05) is 13.8 Å². The number of hydrogen-bond acceptors (Lipinski definition) is 2. The summed E-state index contributed by atoms with van der Waals surface area (Å²) in [6.07, 6.45) is 0.492. The standard InChI is InChI=1S/C6H13IN2O/c1-6(2,4-8)3-5(10)9-7/h3-4,8H2,1-2H3,(H,9,10). The van der Waals surface area contributed by atoms with E-state index in [0.717, 1.165) is 0 Å². The zero-order valence-electron chi connectivity index (χ0n) is 6.28. The van der Waals surface area contributed by atoms with Crippen molar-refractivity contribution < 1.29 is 4.79 Å². The highest BCUT2D eigenvalue weighted by molar-refractivity contribution is 14.1. The van der Waals surface area contributed by atoms with Crippen LogP contribution in [0.4, 0.5) is 0 Å². The van der Waals surface area contributed by atoms with Crippen LogP contribution in [0.2, 0.25) is 0 Å². The van der Waals surface area contributed by atoms with E-state index in [0.29, 0.717) is 13.0 Å². The second-order valence-corrected chi connectivity index (χ2v) is 3.60. The Bertz CT molecular complexity index is 125. The molecule has 0 rings (SSSR count). The second-order valence-electron chi connectivity index (χ2n) is 3.06. The highest BCUT2D eigenvalue weighted by Crippen LogP contribution is 2.17. The normalized spacial score (nSPS) is 11.2. The highest BCUT2D eigenvalue weighted by Gasteiger charge is 2.19. The third kappa shape index (κ3) is 4.05. The number of rotatable bonds is 3. The molecule has 3 N–H and O–H groups in total. The van der Waals surface area contributed by atoms with Crippen LogP contribution in [0.15, 0.2) is 0 Å². The average Bonchev–Trinajstić information content (AvgIpc) is 1.87. The largest absolute Gasteiger partial charge is 0.330 e. The third-order valence-electron chi connectivity index (χ3n) is 1.30. The molecule has 0 radical (unpaired) electrons. The highest BCUT2D eigenvalue weighted by atomic mass is 127. The number of halogens is 1. The van der Waals surface area contributed by atoms with E-state index in [1.165, 1.54) is 0 Å². The van der Waals surface area contributed by atoms with Crippen LogP contribution < -0.4 is 9.26 Å². The lowest BCUT2D eigenvalue weighted by Gasteiger charge is -2.20. The van der Waals surface area contributed by atoms with Crippen LogP contribution in [-0.4, -0.2) is 12.5 Å². The van der Waals surface area contributed by atoms with Gasteiger partial charge in [-0.2, -0.15) is 0 Å². The summed E-state index contributed by atoms with van der Waals surface area (Å²) in [6.45, 7) is 4.48. The molecule has 0 saturated heterocycles. The van der Waals surface area contributed by atoms with Gasteiger partial charge < -0.3 is 5.73 Å². The number of carbonyl (C=O) groups is 1. The minimum Gasteiger partial charge on any atom is -0.330 e. The van der Waals surface area contributed by atoms with Gasteiger partial charge in [-0.15, -0.1) is 0 Å². The van der Waals surface area contributed by atoms with E-state index in [2.05, 4.69) is 3.53 Å². The van der Waals surface area contributed by atoms with Gasteiger partial charge in [0.1, 0.15) is 0 Å². The van der Waals surface area contributed by atoms with Crippen LogP contribution in [0, 0.1) is 5.41 Å². The summed E-state index contributed by atoms with van der Waals surface area (Å²) in [4.78, 5) is 10.8. The van der Waals surface area contributed by atoms with Crippen LogP contribution in [-0.2, 0) is 4.79 Å². The van der Waals surface area contributed by atoms with Crippen molar-refractivity contribution in [2.75, 3.05) is 6.54 Å². The maximum atomic E-state index is 10.8. The Labute approximate surface area is 75.2 Å². The number of nitrogens with one attached hydrogen (secondary N) is 1. The van der Waals surface area contributed by atoms with E-state index in [-0.39, 0.29) is 11.3 Å². The van der Waals surface area contributed by atoms with Gasteiger partial charge in [0, 0.05) is 6.42 Å². The smallest absolute Gasteiger partial charge is 0.229 e. The van der Waals surface area contributed by atoms with Crippen molar-refractivity contribution in [3.05, 3.63) is 0 Å². The number of nitrogens with two attached hydrogens (primary N) is 1. The second kappa shape index (κ2) is 4.12. The van der Waals surface area contributed by atoms with Crippen molar-refractivity contribution in [3.63, 3.8) is 0 Å². The first-order valence-electron chi connectivity index (χ1n) is 3.11. The number of hydrogen-bond donors (Lipinski definition) is 2. The van der Waals surface area contributed by atoms with Crippen LogP contribution in [0.3, 0.4) is 0 Å². The molecule has 0 fully saturated rings. The van der Waals surface area contributed by atoms with Crippen molar-refractivity contribution in [2.24, 2.45) is 11.1 Å². The minimum atomic E-state index is -0.0742. The molecule has 0 aliphatic heterocycles. The molecule has 0 aromatic carbocycles. The molecule has 0 spiro atoms. The van der Waals surface area contributed by atoms with Gasteiger partial charge >= 0.3 is 0 Å². The zero-order chi connectivity index (χ0) is 8.20. The van der Waals surface area contributed by atoms with E-state index in [4.69, 9.17) is 5.73 Å². The first-order valence-corrected chi connectivity index (χ1v) is 4.19. The summed E-state index contributed by atoms with van der Waals surface area (Å²) < 4.78 is 2.53. The molecule has 0 aromatic heterocycles. The van der Waals surface area contributed by atoms with E-state index in [1.54, 1.807) is 0 Å². The van der Waals surface area contributed by atoms with Gasteiger partial charge in [0.25, 0.3) is 0 Å². The lowest BCUT2D eigenvalue weighted by molar-refractivity contribution is -0.120. The fraction of sp³-hybridized carbons (Fsp3) is 0.833. The van der Waals surface area contributed by atoms with Gasteiger partial charge in [-0.05, 0) is 12.0 Å². The lowest BCUT2D eigenvalue weighted by Crippen LogP contribution is -2.29. The molecular weight excluding hydrogens is 243 g/mol. The fourth-order valence-corrected chi connectivity index (χ4v) is 0.731. The summed E-state index contributed by atoms with van der Waals surface area (Å²) >= 11 is 1.83. The molecule has 0 aromatic rings. The van der Waals surface area contributed by atoms with Crippen molar-refractivity contribution >= 4 is 28.8 Å². The predicted octanol–water partition coefficient (Wildman–Crippen LogP) is 0.828. The maximum Gasteiger partial charge on any atom is 0.229 e. The molecule has 60 valence electrons. The van der Waals surface area contributed by atoms with Crippen LogP contribution >= 0.6 is 22.9 Å². The Balaban J connectivity index is 3.76. The van der Waals surface area contributed by atoms with Crippen LogP contribution in [0.25, 0.3) is 0 Å². The van der Waals surface area contributed by atoms with Crippen LogP contribution in [0.1, 0.15) is 20.3 Å². The summed E-state index contributed by atoms with van der Waals surface area (Å²) in [5.41, 5.74) is 5.35. The topological polar surface area (TPSA) is 55.1 Å². The molecular formula is C6H13IN2O. The molecule has 4 heteroatoms. The zero-order valence-corrected chi connectivity index (χ0v) is 8.44. The molecule has 1 amide bonds. The molecule has 0 heterocycles. The summed E-state index contributed by atoms with van der Waals surface area (Å²) in [7, 11) is 0. The Morgan fingerprint density at radius 1 is 1.70 bits per heavy atom. The molecule has 3 nitrogen and oxygen atoms in total. The first-order chi connectivity index (χ1) is 4.52. The Morgan fingerprint density at radius 2 is 2.20 bits per heavy atom. The van der Waals surface area contributed by atoms with Crippen molar-refractivity contribution in [3.8, 4) is 0 Å². The number of carbonyl (C=O) groups excluding carboxylic acids is 1. The van der Waals surface area contributed by atoms with Crippen molar-refractivity contribution in [2.45, 2.75) is 20.3 Å². The summed E-state index contributed by atoms with van der Waals surface area (Å²) in [5, 5.41) is 0. The SMILES string of the molecule is CC(C)(CN)CC(=O)NI. The van der Waals surface area contributed by atoms with Gasteiger partial charge in [0.15, 0.2) is 0 Å². The summed E-state index contributed by atoms with van der Waals surface area (Å²) in [5.74, 6) is 0.0380. The first kappa shape index (κ1) is 10.2. The lowest BCUT2D eigenvalue weighted by atomic mass is 9.89. The van der Waals surface area contributed by atoms with Gasteiger partial charge in [0.2, 0.25) is 5.91 Å². The number of amides is 1. The van der Waals surface area contributed by atoms with Crippen molar-refractivity contribution in [1.82, 2.24) is 3.53 Å². The van der Waals surface area contributed by atoms with E-state index in [1.807, 2.05) is 36.7 Å². The Kier molecular flexibility index (Phi) is 4.19. The molecule has 0 aliphatic carbocycles. The molecule has 10 heavy (non-hydrogen) atoms. The maximum absolute atomic E-state index is 10.8. The van der Waals surface area contributed by atoms with Gasteiger partial charge in [-0.3, -0.25) is 8.32 Å². The quantitative estimate of drug-likeness (QED) is 0.580.